The summed E-state index contributed by atoms with van der Waals surface area (Å²) in [5.41, 5.74) is 1.62. The Balaban J connectivity index is 1.89. The Morgan fingerprint density at radius 3 is 2.12 bits per heavy atom. The van der Waals surface area contributed by atoms with Crippen LogP contribution < -0.4 is 10.2 Å². The van der Waals surface area contributed by atoms with E-state index in [2.05, 4.69) is 17.9 Å². The lowest BCUT2D eigenvalue weighted by atomic mass is 10.2. The van der Waals surface area contributed by atoms with Gasteiger partial charge in [-0.25, -0.2) is 0 Å². The summed E-state index contributed by atoms with van der Waals surface area (Å²) in [5.74, 6) is -1.11. The van der Waals surface area contributed by atoms with Crippen LogP contribution in [-0.4, -0.2) is 35.3 Å². The Morgan fingerprint density at radius 2 is 1.62 bits per heavy atom. The van der Waals surface area contributed by atoms with Crippen LogP contribution in [0, 0.1) is 0 Å². The second kappa shape index (κ2) is 7.29. The standard InChI is InChI=1S/C17H16N2O3S2/c20-16(9-18-11(10-23)17(21)22)19-12-5-1-3-7-14(12)24-15-8-4-2-6-13(15)19/h1-8,11,18,23H,9-10H2,(H,21,22). The number of carboxylic acid groups (broad SMARTS) is 1. The van der Waals surface area contributed by atoms with Crippen molar-refractivity contribution in [3.63, 3.8) is 0 Å². The molecule has 0 spiro atoms. The summed E-state index contributed by atoms with van der Waals surface area (Å²) < 4.78 is 0. The molecule has 1 aliphatic heterocycles. The number of nitrogens with zero attached hydrogens (tertiary/aromatic N) is 1. The van der Waals surface area contributed by atoms with Gasteiger partial charge in [-0.05, 0) is 24.3 Å². The van der Waals surface area contributed by atoms with Gasteiger partial charge < -0.3 is 5.11 Å². The van der Waals surface area contributed by atoms with Gasteiger partial charge in [0.25, 0.3) is 0 Å². The van der Waals surface area contributed by atoms with Gasteiger partial charge in [0.1, 0.15) is 6.04 Å². The number of thiol groups is 1. The molecule has 24 heavy (non-hydrogen) atoms. The molecule has 0 aliphatic carbocycles. The highest BCUT2D eigenvalue weighted by molar-refractivity contribution is 7.99. The van der Waals surface area contributed by atoms with Gasteiger partial charge in [0, 0.05) is 15.5 Å². The number of carboxylic acids is 1. The van der Waals surface area contributed by atoms with Gasteiger partial charge in [-0.2, -0.15) is 12.6 Å². The van der Waals surface area contributed by atoms with E-state index in [1.54, 1.807) is 16.7 Å². The van der Waals surface area contributed by atoms with Crippen molar-refractivity contribution in [3.8, 4) is 0 Å². The van der Waals surface area contributed by atoms with Crippen molar-refractivity contribution in [2.75, 3.05) is 17.2 Å². The number of nitrogens with one attached hydrogen (secondary N) is 1. The molecule has 1 unspecified atom stereocenters. The van der Waals surface area contributed by atoms with E-state index in [0.29, 0.717) is 0 Å². The molecule has 1 aliphatic rings. The van der Waals surface area contributed by atoms with Crippen molar-refractivity contribution in [2.24, 2.45) is 0 Å². The smallest absolute Gasteiger partial charge is 0.321 e. The third-order valence-corrected chi connectivity index (χ3v) is 5.16. The molecule has 0 bridgehead atoms. The Bertz CT molecular complexity index is 736. The number of fused-ring (bicyclic) bond motifs is 2. The van der Waals surface area contributed by atoms with Crippen LogP contribution in [0.1, 0.15) is 0 Å². The first-order valence-corrected chi connectivity index (χ1v) is 8.82. The molecule has 7 heteroatoms. The number of hydrogen-bond acceptors (Lipinski definition) is 5. The molecule has 124 valence electrons. The number of para-hydroxylation sites is 2. The molecule has 0 saturated carbocycles. The first-order valence-electron chi connectivity index (χ1n) is 7.37. The van der Waals surface area contributed by atoms with Gasteiger partial charge in [0.2, 0.25) is 5.91 Å². The SMILES string of the molecule is O=C(O)C(CS)NCC(=O)N1c2ccccc2Sc2ccccc21. The van der Waals surface area contributed by atoms with E-state index in [4.69, 9.17) is 5.11 Å². The zero-order valence-electron chi connectivity index (χ0n) is 12.7. The van der Waals surface area contributed by atoms with E-state index < -0.39 is 12.0 Å². The number of rotatable bonds is 5. The first kappa shape index (κ1) is 16.9. The van der Waals surface area contributed by atoms with Crippen molar-refractivity contribution in [1.29, 1.82) is 0 Å². The molecule has 1 heterocycles. The van der Waals surface area contributed by atoms with Gasteiger partial charge in [0.05, 0.1) is 17.9 Å². The summed E-state index contributed by atoms with van der Waals surface area (Å²) in [4.78, 5) is 27.5. The minimum atomic E-state index is -1.02. The normalized spacial score (nSPS) is 13.8. The number of carbonyl (C=O) groups excluding carboxylic acids is 1. The summed E-state index contributed by atoms with van der Waals surface area (Å²) in [5, 5.41) is 11.8. The highest BCUT2D eigenvalue weighted by Crippen LogP contribution is 2.47. The fraction of sp³-hybridized carbons (Fsp3) is 0.176. The maximum Gasteiger partial charge on any atom is 0.321 e. The van der Waals surface area contributed by atoms with Crippen LogP contribution in [-0.2, 0) is 9.59 Å². The van der Waals surface area contributed by atoms with E-state index in [1.165, 1.54) is 0 Å². The van der Waals surface area contributed by atoms with Crippen LogP contribution >= 0.6 is 24.4 Å². The molecular weight excluding hydrogens is 344 g/mol. The fourth-order valence-electron chi connectivity index (χ4n) is 2.49. The lowest BCUT2D eigenvalue weighted by molar-refractivity contribution is -0.138. The number of benzene rings is 2. The Labute approximate surface area is 149 Å². The Kier molecular flexibility index (Phi) is 5.13. The van der Waals surface area contributed by atoms with Gasteiger partial charge in [-0.15, -0.1) is 0 Å². The van der Waals surface area contributed by atoms with Gasteiger partial charge in [0.15, 0.2) is 0 Å². The van der Waals surface area contributed by atoms with Crippen molar-refractivity contribution in [2.45, 2.75) is 15.8 Å². The predicted molar refractivity (Wildman–Crippen MR) is 97.4 cm³/mol. The average Bonchev–Trinajstić information content (AvgIpc) is 2.59. The van der Waals surface area contributed by atoms with E-state index in [0.717, 1.165) is 21.2 Å². The molecule has 3 rings (SSSR count). The molecule has 2 aromatic rings. The molecule has 0 saturated heterocycles. The van der Waals surface area contributed by atoms with Crippen LogP contribution in [0.5, 0.6) is 0 Å². The lowest BCUT2D eigenvalue weighted by Crippen LogP contribution is -2.44. The van der Waals surface area contributed by atoms with E-state index >= 15 is 0 Å². The summed E-state index contributed by atoms with van der Waals surface area (Å²) >= 11 is 5.62. The zero-order chi connectivity index (χ0) is 17.1. The molecule has 2 aromatic carbocycles. The summed E-state index contributed by atoms with van der Waals surface area (Å²) in [7, 11) is 0. The zero-order valence-corrected chi connectivity index (χ0v) is 14.4. The fourth-order valence-corrected chi connectivity index (χ4v) is 3.84. The quantitative estimate of drug-likeness (QED) is 0.716. The highest BCUT2D eigenvalue weighted by Gasteiger charge is 2.28. The van der Waals surface area contributed by atoms with Gasteiger partial charge in [-0.1, -0.05) is 36.0 Å². The Morgan fingerprint density at radius 1 is 1.08 bits per heavy atom. The minimum Gasteiger partial charge on any atom is -0.480 e. The molecule has 0 aromatic heterocycles. The second-order valence-corrected chi connectivity index (χ2v) is 6.67. The number of carbonyl (C=O) groups is 2. The monoisotopic (exact) mass is 360 g/mol. The van der Waals surface area contributed by atoms with Crippen LogP contribution in [0.3, 0.4) is 0 Å². The third-order valence-electron chi connectivity index (χ3n) is 3.66. The molecule has 1 atom stereocenters. The molecular formula is C17H16N2O3S2. The number of aliphatic carboxylic acids is 1. The van der Waals surface area contributed by atoms with E-state index in [1.807, 2.05) is 48.5 Å². The maximum absolute atomic E-state index is 12.8. The van der Waals surface area contributed by atoms with Crippen molar-refractivity contribution >= 4 is 47.6 Å². The topological polar surface area (TPSA) is 69.6 Å². The first-order chi connectivity index (χ1) is 11.6. The molecule has 0 radical (unpaired) electrons. The largest absolute Gasteiger partial charge is 0.480 e. The summed E-state index contributed by atoms with van der Waals surface area (Å²) in [6, 6.07) is 14.5. The summed E-state index contributed by atoms with van der Waals surface area (Å²) in [6.07, 6.45) is 0. The summed E-state index contributed by atoms with van der Waals surface area (Å²) in [6.45, 7) is -0.0785. The lowest BCUT2D eigenvalue weighted by Gasteiger charge is -2.31. The number of anilines is 2. The second-order valence-electron chi connectivity index (χ2n) is 5.22. The van der Waals surface area contributed by atoms with E-state index in [-0.39, 0.29) is 18.2 Å². The van der Waals surface area contributed by atoms with Crippen molar-refractivity contribution in [3.05, 3.63) is 48.5 Å². The van der Waals surface area contributed by atoms with Crippen molar-refractivity contribution in [1.82, 2.24) is 5.32 Å². The van der Waals surface area contributed by atoms with Crippen molar-refractivity contribution < 1.29 is 14.7 Å². The number of hydrogen-bond donors (Lipinski definition) is 3. The van der Waals surface area contributed by atoms with Crippen LogP contribution in [0.25, 0.3) is 0 Å². The molecule has 2 N–H and O–H groups in total. The van der Waals surface area contributed by atoms with Gasteiger partial charge >= 0.3 is 5.97 Å². The maximum atomic E-state index is 12.8. The number of amides is 1. The molecule has 1 amide bonds. The highest BCUT2D eigenvalue weighted by atomic mass is 32.2. The third kappa shape index (κ3) is 3.28. The molecule has 0 fully saturated rings. The minimum absolute atomic E-state index is 0.0785. The van der Waals surface area contributed by atoms with Crippen LogP contribution in [0.2, 0.25) is 0 Å². The Hall–Kier alpha value is -1.96. The predicted octanol–water partition coefficient (Wildman–Crippen LogP) is 2.79. The van der Waals surface area contributed by atoms with Crippen LogP contribution in [0.4, 0.5) is 11.4 Å². The average molecular weight is 360 g/mol. The van der Waals surface area contributed by atoms with Gasteiger partial charge in [-0.3, -0.25) is 19.8 Å². The molecule has 5 nitrogen and oxygen atoms in total. The van der Waals surface area contributed by atoms with E-state index in [9.17, 15) is 9.59 Å². The van der Waals surface area contributed by atoms with Crippen LogP contribution in [0.15, 0.2) is 58.3 Å².